The molecule has 0 unspecified atom stereocenters. The monoisotopic (exact) mass is 246 g/mol. The third-order valence-electron chi connectivity index (χ3n) is 4.24. The van der Waals surface area contributed by atoms with Gasteiger partial charge >= 0.3 is 0 Å². The number of hydrogen-bond acceptors (Lipinski definition) is 2. The molecular weight excluding hydrogens is 220 g/mol. The quantitative estimate of drug-likeness (QED) is 0.832. The zero-order chi connectivity index (χ0) is 13.0. The first-order chi connectivity index (χ1) is 8.66. The molecule has 2 rings (SSSR count). The number of nitrogens with zero attached hydrogens (tertiary/aromatic N) is 1. The van der Waals surface area contributed by atoms with Crippen LogP contribution in [0.1, 0.15) is 45.6 Å². The molecule has 1 N–H and O–H groups in total. The molecule has 0 radical (unpaired) electrons. The van der Waals surface area contributed by atoms with E-state index in [0.717, 1.165) is 24.9 Å². The maximum atomic E-state index is 4.14. The van der Waals surface area contributed by atoms with Gasteiger partial charge in [-0.1, -0.05) is 27.2 Å². The Bertz CT molecular complexity index is 353. The molecule has 1 aromatic heterocycles. The predicted octanol–water partition coefficient (Wildman–Crippen LogP) is 3.39. The van der Waals surface area contributed by atoms with Crippen molar-refractivity contribution in [3.63, 3.8) is 0 Å². The Morgan fingerprint density at radius 3 is 2.56 bits per heavy atom. The van der Waals surface area contributed by atoms with Crippen LogP contribution in [0.4, 0.5) is 0 Å². The van der Waals surface area contributed by atoms with Gasteiger partial charge in [-0.25, -0.2) is 0 Å². The van der Waals surface area contributed by atoms with Crippen LogP contribution >= 0.6 is 0 Å². The minimum atomic E-state index is 0.374. The summed E-state index contributed by atoms with van der Waals surface area (Å²) in [6.07, 6.45) is 7.84. The Morgan fingerprint density at radius 1 is 1.33 bits per heavy atom. The highest BCUT2D eigenvalue weighted by Crippen LogP contribution is 2.48. The van der Waals surface area contributed by atoms with E-state index >= 15 is 0 Å². The third-order valence-corrected chi connectivity index (χ3v) is 4.24. The van der Waals surface area contributed by atoms with E-state index < -0.39 is 0 Å². The van der Waals surface area contributed by atoms with E-state index in [0.29, 0.717) is 5.41 Å². The molecule has 0 atom stereocenters. The SMILES string of the molecule is CCC1CC(CNCC(C)C)(c2ccncc2)C1. The maximum Gasteiger partial charge on any atom is 0.0270 e. The van der Waals surface area contributed by atoms with Gasteiger partial charge in [0.1, 0.15) is 0 Å². The molecule has 1 aliphatic rings. The predicted molar refractivity (Wildman–Crippen MR) is 76.6 cm³/mol. The van der Waals surface area contributed by atoms with Crippen molar-refractivity contribution in [3.8, 4) is 0 Å². The number of hydrogen-bond donors (Lipinski definition) is 1. The molecule has 1 saturated carbocycles. The topological polar surface area (TPSA) is 24.9 Å². The third kappa shape index (κ3) is 2.92. The van der Waals surface area contributed by atoms with E-state index in [1.54, 1.807) is 0 Å². The fourth-order valence-corrected chi connectivity index (χ4v) is 3.12. The first-order valence-electron chi connectivity index (χ1n) is 7.27. The molecule has 2 heteroatoms. The van der Waals surface area contributed by atoms with Crippen LogP contribution in [0.2, 0.25) is 0 Å². The molecule has 1 aliphatic carbocycles. The number of pyridine rings is 1. The number of nitrogens with one attached hydrogen (secondary N) is 1. The van der Waals surface area contributed by atoms with Gasteiger partial charge in [-0.2, -0.15) is 0 Å². The zero-order valence-corrected chi connectivity index (χ0v) is 11.9. The van der Waals surface area contributed by atoms with Crippen molar-refractivity contribution < 1.29 is 0 Å². The highest BCUT2D eigenvalue weighted by Gasteiger charge is 2.44. The van der Waals surface area contributed by atoms with E-state index in [9.17, 15) is 0 Å². The second-order valence-corrected chi connectivity index (χ2v) is 6.22. The van der Waals surface area contributed by atoms with Crippen LogP contribution in [0.25, 0.3) is 0 Å². The van der Waals surface area contributed by atoms with Gasteiger partial charge in [-0.15, -0.1) is 0 Å². The van der Waals surface area contributed by atoms with Crippen LogP contribution in [0, 0.1) is 11.8 Å². The molecule has 18 heavy (non-hydrogen) atoms. The van der Waals surface area contributed by atoms with Crippen molar-refractivity contribution in [2.45, 2.75) is 45.4 Å². The van der Waals surface area contributed by atoms with Crippen molar-refractivity contribution in [1.82, 2.24) is 10.3 Å². The van der Waals surface area contributed by atoms with E-state index in [1.807, 2.05) is 12.4 Å². The second kappa shape index (κ2) is 5.83. The Kier molecular flexibility index (Phi) is 4.39. The lowest BCUT2D eigenvalue weighted by Gasteiger charge is -2.48. The summed E-state index contributed by atoms with van der Waals surface area (Å²) >= 11 is 0. The molecule has 1 aromatic rings. The lowest BCUT2D eigenvalue weighted by Crippen LogP contribution is -2.49. The normalized spacial score (nSPS) is 27.2. The molecule has 0 aromatic carbocycles. The Morgan fingerprint density at radius 2 is 2.00 bits per heavy atom. The van der Waals surface area contributed by atoms with Crippen molar-refractivity contribution in [2.75, 3.05) is 13.1 Å². The molecular formula is C16H26N2. The van der Waals surface area contributed by atoms with Gasteiger partial charge in [0, 0.05) is 24.4 Å². The standard InChI is InChI=1S/C16H26N2/c1-4-14-9-16(10-14,12-18-11-13(2)3)15-5-7-17-8-6-15/h5-8,13-14,18H,4,9-12H2,1-3H3. The molecule has 100 valence electrons. The number of rotatable bonds is 6. The fourth-order valence-electron chi connectivity index (χ4n) is 3.12. The smallest absolute Gasteiger partial charge is 0.0270 e. The summed E-state index contributed by atoms with van der Waals surface area (Å²) in [7, 11) is 0. The minimum absolute atomic E-state index is 0.374. The Balaban J connectivity index is 2.01. The van der Waals surface area contributed by atoms with Crippen LogP contribution in [0.5, 0.6) is 0 Å². The first-order valence-corrected chi connectivity index (χ1v) is 7.27. The van der Waals surface area contributed by atoms with Gasteiger partial charge in [0.25, 0.3) is 0 Å². The van der Waals surface area contributed by atoms with E-state index in [2.05, 4.69) is 43.2 Å². The van der Waals surface area contributed by atoms with Crippen molar-refractivity contribution >= 4 is 0 Å². The molecule has 0 saturated heterocycles. The molecule has 1 heterocycles. The van der Waals surface area contributed by atoms with Crippen molar-refractivity contribution in [2.24, 2.45) is 11.8 Å². The average molecular weight is 246 g/mol. The highest BCUT2D eigenvalue weighted by atomic mass is 14.9. The van der Waals surface area contributed by atoms with Crippen LogP contribution in [0.3, 0.4) is 0 Å². The summed E-state index contributed by atoms with van der Waals surface area (Å²) in [5, 5.41) is 3.65. The summed E-state index contributed by atoms with van der Waals surface area (Å²) in [4.78, 5) is 4.14. The van der Waals surface area contributed by atoms with E-state index in [4.69, 9.17) is 0 Å². The average Bonchev–Trinajstić information content (AvgIpc) is 2.33. The maximum absolute atomic E-state index is 4.14. The van der Waals surface area contributed by atoms with Crippen LogP contribution in [-0.2, 0) is 5.41 Å². The van der Waals surface area contributed by atoms with Crippen LogP contribution < -0.4 is 5.32 Å². The highest BCUT2D eigenvalue weighted by molar-refractivity contribution is 5.27. The number of aromatic nitrogens is 1. The van der Waals surface area contributed by atoms with Gasteiger partial charge in [0.15, 0.2) is 0 Å². The van der Waals surface area contributed by atoms with Crippen molar-refractivity contribution in [1.29, 1.82) is 0 Å². The van der Waals surface area contributed by atoms with E-state index in [-0.39, 0.29) is 0 Å². The molecule has 1 fully saturated rings. The van der Waals surface area contributed by atoms with Crippen LogP contribution in [0.15, 0.2) is 24.5 Å². The summed E-state index contributed by atoms with van der Waals surface area (Å²) < 4.78 is 0. The molecule has 0 bridgehead atoms. The van der Waals surface area contributed by atoms with Crippen LogP contribution in [-0.4, -0.2) is 18.1 Å². The minimum Gasteiger partial charge on any atom is -0.316 e. The van der Waals surface area contributed by atoms with Gasteiger partial charge < -0.3 is 5.32 Å². The largest absolute Gasteiger partial charge is 0.316 e. The molecule has 0 aliphatic heterocycles. The Labute approximate surface area is 111 Å². The van der Waals surface area contributed by atoms with Crippen molar-refractivity contribution in [3.05, 3.63) is 30.1 Å². The molecule has 0 spiro atoms. The van der Waals surface area contributed by atoms with Gasteiger partial charge in [-0.05, 0) is 48.9 Å². The lowest BCUT2D eigenvalue weighted by atomic mass is 9.58. The van der Waals surface area contributed by atoms with Gasteiger partial charge in [0.05, 0.1) is 0 Å². The van der Waals surface area contributed by atoms with E-state index in [1.165, 1.54) is 24.8 Å². The lowest BCUT2D eigenvalue weighted by molar-refractivity contribution is 0.133. The van der Waals surface area contributed by atoms with Gasteiger partial charge in [-0.3, -0.25) is 4.98 Å². The fraction of sp³-hybridized carbons (Fsp3) is 0.688. The zero-order valence-electron chi connectivity index (χ0n) is 11.9. The van der Waals surface area contributed by atoms with Gasteiger partial charge in [0.2, 0.25) is 0 Å². The summed E-state index contributed by atoms with van der Waals surface area (Å²) in [6, 6.07) is 4.39. The summed E-state index contributed by atoms with van der Waals surface area (Å²) in [5.74, 6) is 1.64. The summed E-state index contributed by atoms with van der Waals surface area (Å²) in [5.41, 5.74) is 1.84. The first kappa shape index (κ1) is 13.5. The Hall–Kier alpha value is -0.890. The molecule has 0 amide bonds. The second-order valence-electron chi connectivity index (χ2n) is 6.22. The molecule has 2 nitrogen and oxygen atoms in total. The summed E-state index contributed by atoms with van der Waals surface area (Å²) in [6.45, 7) is 9.07.